The van der Waals surface area contributed by atoms with Gasteiger partial charge in [-0.15, -0.1) is 0 Å². The maximum absolute atomic E-state index is 10.1. The summed E-state index contributed by atoms with van der Waals surface area (Å²) >= 11 is 0. The molecule has 0 bridgehead atoms. The Hall–Kier alpha value is -1.68. The summed E-state index contributed by atoms with van der Waals surface area (Å²) in [5, 5.41) is 17.0. The number of aliphatic hydroxyl groups excluding tert-OH is 1. The van der Waals surface area contributed by atoms with Gasteiger partial charge in [-0.25, -0.2) is 4.98 Å². The van der Waals surface area contributed by atoms with E-state index in [1.54, 1.807) is 0 Å². The first-order valence-electron chi connectivity index (χ1n) is 5.50. The molecule has 0 amide bonds. The second kappa shape index (κ2) is 3.72. The van der Waals surface area contributed by atoms with Gasteiger partial charge in [0.15, 0.2) is 5.82 Å². The Balaban J connectivity index is 1.85. The number of hydrogen-bond donors (Lipinski definition) is 2. The molecule has 2 N–H and O–H groups in total. The normalized spacial score (nSPS) is 17.3. The van der Waals surface area contributed by atoms with Crippen molar-refractivity contribution in [1.82, 2.24) is 15.2 Å². The van der Waals surface area contributed by atoms with Crippen molar-refractivity contribution in [3.63, 3.8) is 0 Å². The molecule has 1 saturated carbocycles. The molecular formula is C12H13N3O. The summed E-state index contributed by atoms with van der Waals surface area (Å²) in [5.41, 5.74) is 0.823. The molecule has 1 fully saturated rings. The molecule has 3 rings (SSSR count). The molecule has 1 aliphatic carbocycles. The first-order chi connectivity index (χ1) is 7.84. The summed E-state index contributed by atoms with van der Waals surface area (Å²) in [7, 11) is 0. The Bertz CT molecular complexity index is 476. The van der Waals surface area contributed by atoms with Crippen LogP contribution in [-0.4, -0.2) is 20.3 Å². The fraction of sp³-hybridized carbons (Fsp3) is 0.333. The highest BCUT2D eigenvalue weighted by atomic mass is 16.3. The number of aromatic amines is 1. The lowest BCUT2D eigenvalue weighted by Gasteiger charge is -2.05. The van der Waals surface area contributed by atoms with Gasteiger partial charge in [-0.2, -0.15) is 5.10 Å². The Kier molecular flexibility index (Phi) is 2.22. The van der Waals surface area contributed by atoms with Crippen molar-refractivity contribution in [2.24, 2.45) is 0 Å². The van der Waals surface area contributed by atoms with Crippen molar-refractivity contribution in [3.8, 4) is 0 Å². The summed E-state index contributed by atoms with van der Waals surface area (Å²) < 4.78 is 0. The first kappa shape index (κ1) is 9.54. The van der Waals surface area contributed by atoms with Gasteiger partial charge in [-0.1, -0.05) is 30.3 Å². The minimum Gasteiger partial charge on any atom is -0.380 e. The van der Waals surface area contributed by atoms with Crippen LogP contribution in [0.2, 0.25) is 0 Å². The fourth-order valence-corrected chi connectivity index (χ4v) is 1.73. The lowest BCUT2D eigenvalue weighted by atomic mass is 10.1. The molecule has 0 radical (unpaired) electrons. The van der Waals surface area contributed by atoms with Crippen LogP contribution in [-0.2, 0) is 0 Å². The highest BCUT2D eigenvalue weighted by Gasteiger charge is 2.28. The van der Waals surface area contributed by atoms with Crippen LogP contribution in [0.1, 0.15) is 42.1 Å². The van der Waals surface area contributed by atoms with E-state index in [0.29, 0.717) is 11.7 Å². The number of aliphatic hydroxyl groups is 1. The van der Waals surface area contributed by atoms with E-state index in [9.17, 15) is 5.11 Å². The van der Waals surface area contributed by atoms with Crippen molar-refractivity contribution < 1.29 is 5.11 Å². The summed E-state index contributed by atoms with van der Waals surface area (Å²) in [4.78, 5) is 4.33. The molecule has 1 aromatic carbocycles. The van der Waals surface area contributed by atoms with Crippen LogP contribution in [0.25, 0.3) is 0 Å². The molecule has 1 heterocycles. The average Bonchev–Trinajstić information content (AvgIpc) is 3.08. The molecule has 0 spiro atoms. The Morgan fingerprint density at radius 2 is 2.00 bits per heavy atom. The molecule has 0 saturated heterocycles. The maximum Gasteiger partial charge on any atom is 0.183 e. The number of hydrogen-bond acceptors (Lipinski definition) is 3. The number of H-pyrrole nitrogens is 1. The van der Waals surface area contributed by atoms with Crippen LogP contribution < -0.4 is 0 Å². The summed E-state index contributed by atoms with van der Waals surface area (Å²) in [6, 6.07) is 9.46. The zero-order chi connectivity index (χ0) is 11.0. The van der Waals surface area contributed by atoms with E-state index in [4.69, 9.17) is 0 Å². The Labute approximate surface area is 93.4 Å². The quantitative estimate of drug-likeness (QED) is 0.820. The zero-order valence-electron chi connectivity index (χ0n) is 8.80. The predicted molar refractivity (Wildman–Crippen MR) is 58.9 cm³/mol. The molecule has 1 aliphatic rings. The molecule has 82 valence electrons. The monoisotopic (exact) mass is 215 g/mol. The average molecular weight is 215 g/mol. The van der Waals surface area contributed by atoms with E-state index < -0.39 is 6.10 Å². The minimum absolute atomic E-state index is 0.466. The Morgan fingerprint density at radius 3 is 2.69 bits per heavy atom. The van der Waals surface area contributed by atoms with Gasteiger partial charge in [-0.05, 0) is 18.4 Å². The fourth-order valence-electron chi connectivity index (χ4n) is 1.73. The zero-order valence-corrected chi connectivity index (χ0v) is 8.80. The molecule has 4 heteroatoms. The highest BCUT2D eigenvalue weighted by molar-refractivity contribution is 5.22. The topological polar surface area (TPSA) is 61.8 Å². The maximum atomic E-state index is 10.1. The van der Waals surface area contributed by atoms with Crippen LogP contribution in [0, 0.1) is 0 Å². The molecule has 4 nitrogen and oxygen atoms in total. The summed E-state index contributed by atoms with van der Waals surface area (Å²) in [6.07, 6.45) is 1.62. The largest absolute Gasteiger partial charge is 0.380 e. The molecule has 1 aromatic heterocycles. The smallest absolute Gasteiger partial charge is 0.183 e. The molecule has 1 unspecified atom stereocenters. The highest BCUT2D eigenvalue weighted by Crippen LogP contribution is 2.38. The molecule has 1 atom stereocenters. The predicted octanol–water partition coefficient (Wildman–Crippen LogP) is 1.76. The molecule has 0 aliphatic heterocycles. The third-order valence-corrected chi connectivity index (χ3v) is 2.84. The van der Waals surface area contributed by atoms with E-state index in [-0.39, 0.29) is 0 Å². The van der Waals surface area contributed by atoms with E-state index >= 15 is 0 Å². The second-order valence-electron chi connectivity index (χ2n) is 4.17. The van der Waals surface area contributed by atoms with Gasteiger partial charge in [0.25, 0.3) is 0 Å². The van der Waals surface area contributed by atoms with Gasteiger partial charge in [0.1, 0.15) is 11.9 Å². The number of nitrogens with zero attached hydrogens (tertiary/aromatic N) is 2. The van der Waals surface area contributed by atoms with Crippen LogP contribution in [0.5, 0.6) is 0 Å². The number of aromatic nitrogens is 3. The first-order valence-corrected chi connectivity index (χ1v) is 5.50. The van der Waals surface area contributed by atoms with Gasteiger partial charge >= 0.3 is 0 Å². The van der Waals surface area contributed by atoms with Gasteiger partial charge < -0.3 is 5.11 Å². The molecule has 16 heavy (non-hydrogen) atoms. The van der Waals surface area contributed by atoms with Gasteiger partial charge in [0.05, 0.1) is 0 Å². The minimum atomic E-state index is -0.732. The van der Waals surface area contributed by atoms with Crippen molar-refractivity contribution in [1.29, 1.82) is 0 Å². The number of rotatable bonds is 3. The van der Waals surface area contributed by atoms with Crippen LogP contribution in [0.3, 0.4) is 0 Å². The molecule has 2 aromatic rings. The van der Waals surface area contributed by atoms with Crippen molar-refractivity contribution >= 4 is 0 Å². The second-order valence-corrected chi connectivity index (χ2v) is 4.17. The number of benzene rings is 1. The van der Waals surface area contributed by atoms with E-state index in [2.05, 4.69) is 15.2 Å². The Morgan fingerprint density at radius 1 is 1.25 bits per heavy atom. The van der Waals surface area contributed by atoms with Gasteiger partial charge in [0.2, 0.25) is 0 Å². The lowest BCUT2D eigenvalue weighted by Crippen LogP contribution is -2.01. The van der Waals surface area contributed by atoms with Crippen LogP contribution in [0.15, 0.2) is 30.3 Å². The third-order valence-electron chi connectivity index (χ3n) is 2.84. The van der Waals surface area contributed by atoms with Crippen molar-refractivity contribution in [3.05, 3.63) is 47.5 Å². The summed E-state index contributed by atoms with van der Waals surface area (Å²) in [5.74, 6) is 1.90. The van der Waals surface area contributed by atoms with Crippen LogP contribution >= 0.6 is 0 Å². The van der Waals surface area contributed by atoms with E-state index in [0.717, 1.165) is 11.4 Å². The van der Waals surface area contributed by atoms with Crippen molar-refractivity contribution in [2.75, 3.05) is 0 Å². The van der Waals surface area contributed by atoms with E-state index in [1.165, 1.54) is 12.8 Å². The SMILES string of the molecule is OC(c1ccccc1)c1n[nH]c(C2CC2)n1. The van der Waals surface area contributed by atoms with Crippen molar-refractivity contribution in [2.45, 2.75) is 24.9 Å². The van der Waals surface area contributed by atoms with Gasteiger partial charge in [0, 0.05) is 5.92 Å². The van der Waals surface area contributed by atoms with E-state index in [1.807, 2.05) is 30.3 Å². The molecular weight excluding hydrogens is 202 g/mol. The standard InChI is InChI=1S/C12H13N3O/c16-10(8-4-2-1-3-5-8)12-13-11(14-15-12)9-6-7-9/h1-5,9-10,16H,6-7H2,(H,13,14,15). The van der Waals surface area contributed by atoms with Gasteiger partial charge in [-0.3, -0.25) is 5.10 Å². The lowest BCUT2D eigenvalue weighted by molar-refractivity contribution is 0.210. The third kappa shape index (κ3) is 1.72. The van der Waals surface area contributed by atoms with Crippen LogP contribution in [0.4, 0.5) is 0 Å². The summed E-state index contributed by atoms with van der Waals surface area (Å²) in [6.45, 7) is 0. The number of nitrogens with one attached hydrogen (secondary N) is 1.